The number of ether oxygens (including phenoxy) is 2. The predicted octanol–water partition coefficient (Wildman–Crippen LogP) is 5.84. The first-order chi connectivity index (χ1) is 15.0. The van der Waals surface area contributed by atoms with Crippen LogP contribution in [0.3, 0.4) is 0 Å². The lowest BCUT2D eigenvalue weighted by atomic mass is 10.1. The first-order valence-electron chi connectivity index (χ1n) is 10.1. The number of rotatable bonds is 6. The van der Waals surface area contributed by atoms with E-state index >= 15 is 0 Å². The quantitative estimate of drug-likeness (QED) is 0.432. The van der Waals surface area contributed by atoms with Crippen LogP contribution in [0, 0.1) is 6.92 Å². The number of methoxy groups -OCH3 is 1. The van der Waals surface area contributed by atoms with Crippen molar-refractivity contribution in [2.75, 3.05) is 7.11 Å². The van der Waals surface area contributed by atoms with Gasteiger partial charge in [0.15, 0.2) is 0 Å². The van der Waals surface area contributed by atoms with Crippen molar-refractivity contribution < 1.29 is 14.3 Å². The molecule has 4 rings (SSSR count). The van der Waals surface area contributed by atoms with Crippen molar-refractivity contribution in [3.63, 3.8) is 0 Å². The summed E-state index contributed by atoms with van der Waals surface area (Å²) in [6.07, 6.45) is 1.71. The molecule has 0 aliphatic heterocycles. The highest BCUT2D eigenvalue weighted by Gasteiger charge is 2.13. The van der Waals surface area contributed by atoms with E-state index in [1.165, 1.54) is 0 Å². The van der Waals surface area contributed by atoms with Gasteiger partial charge in [-0.25, -0.2) is 0 Å². The van der Waals surface area contributed by atoms with Crippen molar-refractivity contribution >= 4 is 16.8 Å². The molecule has 0 fully saturated rings. The van der Waals surface area contributed by atoms with E-state index in [1.807, 2.05) is 68.4 Å². The molecule has 5 heteroatoms. The maximum absolute atomic E-state index is 12.8. The van der Waals surface area contributed by atoms with Gasteiger partial charge in [0.25, 0.3) is 5.91 Å². The first-order valence-corrected chi connectivity index (χ1v) is 10.1. The number of amides is 1. The third-order valence-electron chi connectivity index (χ3n) is 5.19. The van der Waals surface area contributed by atoms with Crippen LogP contribution in [0.5, 0.6) is 17.2 Å². The molecule has 31 heavy (non-hydrogen) atoms. The summed E-state index contributed by atoms with van der Waals surface area (Å²) in [5, 5.41) is 3.88. The van der Waals surface area contributed by atoms with Crippen LogP contribution >= 0.6 is 0 Å². The fourth-order valence-corrected chi connectivity index (χ4v) is 3.49. The van der Waals surface area contributed by atoms with Gasteiger partial charge in [0.1, 0.15) is 17.2 Å². The maximum Gasteiger partial charge on any atom is 0.251 e. The number of carbonyl (C=O) groups excluding carboxylic acids is 1. The summed E-state index contributed by atoms with van der Waals surface area (Å²) in [5.41, 5.74) is 3.41. The Kier molecular flexibility index (Phi) is 5.85. The Balaban J connectivity index is 1.57. The minimum Gasteiger partial charge on any atom is -0.496 e. The van der Waals surface area contributed by atoms with E-state index < -0.39 is 0 Å². The molecule has 1 N–H and O–H groups in total. The molecule has 1 heterocycles. The average Bonchev–Trinajstić information content (AvgIpc) is 2.79. The van der Waals surface area contributed by atoms with Gasteiger partial charge in [-0.1, -0.05) is 36.4 Å². The zero-order chi connectivity index (χ0) is 21.8. The summed E-state index contributed by atoms with van der Waals surface area (Å²) in [4.78, 5) is 17.2. The molecule has 0 aliphatic carbocycles. The van der Waals surface area contributed by atoms with Crippen LogP contribution in [0.4, 0.5) is 0 Å². The van der Waals surface area contributed by atoms with Crippen LogP contribution in [0.1, 0.15) is 34.5 Å². The fraction of sp³-hybridized carbons (Fsp3) is 0.154. The fourth-order valence-electron chi connectivity index (χ4n) is 3.49. The molecule has 0 saturated carbocycles. The zero-order valence-electron chi connectivity index (χ0n) is 17.8. The summed E-state index contributed by atoms with van der Waals surface area (Å²) in [5.74, 6) is 1.85. The third kappa shape index (κ3) is 4.51. The molecule has 5 nitrogen and oxygen atoms in total. The Morgan fingerprint density at radius 3 is 2.55 bits per heavy atom. The van der Waals surface area contributed by atoms with Crippen molar-refractivity contribution in [3.05, 3.63) is 95.7 Å². The van der Waals surface area contributed by atoms with Crippen LogP contribution in [-0.4, -0.2) is 18.0 Å². The first kappa shape index (κ1) is 20.4. The van der Waals surface area contributed by atoms with E-state index in [4.69, 9.17) is 9.47 Å². The minimum absolute atomic E-state index is 0.0990. The third-order valence-corrected chi connectivity index (χ3v) is 5.19. The van der Waals surface area contributed by atoms with E-state index in [-0.39, 0.29) is 11.9 Å². The van der Waals surface area contributed by atoms with Crippen LogP contribution in [0.25, 0.3) is 10.9 Å². The van der Waals surface area contributed by atoms with E-state index in [9.17, 15) is 4.79 Å². The van der Waals surface area contributed by atoms with Crippen LogP contribution in [-0.2, 0) is 0 Å². The van der Waals surface area contributed by atoms with Crippen molar-refractivity contribution in [1.29, 1.82) is 0 Å². The van der Waals surface area contributed by atoms with Crippen LogP contribution in [0.15, 0.2) is 79.0 Å². The molecule has 0 bridgehead atoms. The van der Waals surface area contributed by atoms with Crippen molar-refractivity contribution in [2.45, 2.75) is 19.9 Å². The summed E-state index contributed by atoms with van der Waals surface area (Å²) in [6, 6.07) is 22.6. The molecular weight excluding hydrogens is 388 g/mol. The number of aryl methyl sites for hydroxylation is 1. The highest BCUT2D eigenvalue weighted by molar-refractivity contribution is 5.95. The van der Waals surface area contributed by atoms with Gasteiger partial charge in [-0.05, 0) is 61.4 Å². The minimum atomic E-state index is -0.154. The van der Waals surface area contributed by atoms with E-state index in [1.54, 1.807) is 31.5 Å². The molecule has 1 aromatic heterocycles. The normalized spacial score (nSPS) is 11.7. The van der Waals surface area contributed by atoms with Gasteiger partial charge in [0, 0.05) is 17.1 Å². The molecule has 0 aliphatic rings. The summed E-state index contributed by atoms with van der Waals surface area (Å²) in [6.45, 7) is 3.94. The molecule has 0 saturated heterocycles. The average molecular weight is 412 g/mol. The molecule has 0 unspecified atom stereocenters. The van der Waals surface area contributed by atoms with E-state index in [0.29, 0.717) is 17.1 Å². The smallest absolute Gasteiger partial charge is 0.251 e. The van der Waals surface area contributed by atoms with Crippen molar-refractivity contribution in [1.82, 2.24) is 10.3 Å². The number of hydrogen-bond acceptors (Lipinski definition) is 4. The van der Waals surface area contributed by atoms with Crippen LogP contribution in [0.2, 0.25) is 0 Å². The Bertz CT molecular complexity index is 1220. The second-order valence-electron chi connectivity index (χ2n) is 7.38. The highest BCUT2D eigenvalue weighted by atomic mass is 16.5. The summed E-state index contributed by atoms with van der Waals surface area (Å²) >= 11 is 0. The second-order valence-corrected chi connectivity index (χ2v) is 7.38. The Labute approximate surface area is 181 Å². The molecule has 4 aromatic rings. The van der Waals surface area contributed by atoms with Gasteiger partial charge >= 0.3 is 0 Å². The zero-order valence-corrected chi connectivity index (χ0v) is 17.8. The molecular formula is C26H24N2O3. The number of hydrogen-bond donors (Lipinski definition) is 1. The van der Waals surface area contributed by atoms with Crippen molar-refractivity contribution in [2.24, 2.45) is 0 Å². The Morgan fingerprint density at radius 1 is 0.968 bits per heavy atom. The van der Waals surface area contributed by atoms with Crippen molar-refractivity contribution in [3.8, 4) is 17.2 Å². The summed E-state index contributed by atoms with van der Waals surface area (Å²) in [7, 11) is 1.64. The standard InChI is InChI=1S/C26H24N2O3/c1-17-14-23-22(16-25(17)30-3)24(12-13-27-23)31-21-11-7-10-20(15-21)26(29)28-18(2)19-8-5-4-6-9-19/h4-16,18H,1-3H3,(H,28,29)/t18-/m1/s1. The second kappa shape index (κ2) is 8.88. The molecule has 0 radical (unpaired) electrons. The number of fused-ring (bicyclic) bond motifs is 1. The number of carbonyl (C=O) groups is 1. The lowest BCUT2D eigenvalue weighted by molar-refractivity contribution is 0.0939. The lowest BCUT2D eigenvalue weighted by Gasteiger charge is -2.15. The van der Waals surface area contributed by atoms with Gasteiger partial charge in [-0.2, -0.15) is 0 Å². The topological polar surface area (TPSA) is 60.5 Å². The van der Waals surface area contributed by atoms with Gasteiger partial charge in [0.05, 0.1) is 18.7 Å². The summed E-state index contributed by atoms with van der Waals surface area (Å²) < 4.78 is 11.6. The molecule has 1 atom stereocenters. The molecule has 0 spiro atoms. The van der Waals surface area contributed by atoms with Gasteiger partial charge < -0.3 is 14.8 Å². The molecule has 3 aromatic carbocycles. The van der Waals surface area contributed by atoms with E-state index in [0.717, 1.165) is 27.8 Å². The predicted molar refractivity (Wildman–Crippen MR) is 122 cm³/mol. The Hall–Kier alpha value is -3.86. The largest absolute Gasteiger partial charge is 0.496 e. The Morgan fingerprint density at radius 2 is 1.77 bits per heavy atom. The SMILES string of the molecule is COc1cc2c(Oc3cccc(C(=O)N[C@H](C)c4ccccc4)c3)ccnc2cc1C. The number of pyridine rings is 1. The van der Waals surface area contributed by atoms with Gasteiger partial charge in [-0.3, -0.25) is 9.78 Å². The molecule has 1 amide bonds. The molecule has 156 valence electrons. The van der Waals surface area contributed by atoms with Gasteiger partial charge in [-0.15, -0.1) is 0 Å². The van der Waals surface area contributed by atoms with Crippen LogP contribution < -0.4 is 14.8 Å². The number of nitrogens with zero attached hydrogens (tertiary/aromatic N) is 1. The lowest BCUT2D eigenvalue weighted by Crippen LogP contribution is -2.26. The maximum atomic E-state index is 12.8. The number of benzene rings is 3. The van der Waals surface area contributed by atoms with Gasteiger partial charge in [0.2, 0.25) is 0 Å². The highest BCUT2D eigenvalue weighted by Crippen LogP contribution is 2.33. The number of nitrogens with one attached hydrogen (secondary N) is 1. The number of aromatic nitrogens is 1. The van der Waals surface area contributed by atoms with E-state index in [2.05, 4.69) is 10.3 Å². The monoisotopic (exact) mass is 412 g/mol.